The van der Waals surface area contributed by atoms with E-state index in [0.717, 1.165) is 52.1 Å². The molecule has 2 heterocycles. The molecule has 1 N–H and O–H groups in total. The van der Waals surface area contributed by atoms with Gasteiger partial charge in [-0.25, -0.2) is 9.37 Å². The zero-order valence-electron chi connectivity index (χ0n) is 20.6. The van der Waals surface area contributed by atoms with Crippen LogP contribution in [0.15, 0.2) is 60.9 Å². The number of halogens is 1. The summed E-state index contributed by atoms with van der Waals surface area (Å²) < 4.78 is 20.3. The summed E-state index contributed by atoms with van der Waals surface area (Å²) in [7, 11) is 3.65. The van der Waals surface area contributed by atoms with Gasteiger partial charge in [-0.1, -0.05) is 31.2 Å². The Kier molecular flexibility index (Phi) is 7.46. The molecule has 0 aliphatic rings. The molecule has 6 nitrogen and oxygen atoms in total. The summed E-state index contributed by atoms with van der Waals surface area (Å²) in [4.78, 5) is 24.8. The highest BCUT2D eigenvalue weighted by molar-refractivity contribution is 5.98. The van der Waals surface area contributed by atoms with Crippen molar-refractivity contribution in [2.24, 2.45) is 0 Å². The first kappa shape index (κ1) is 24.4. The van der Waals surface area contributed by atoms with Crippen molar-refractivity contribution in [1.29, 1.82) is 0 Å². The van der Waals surface area contributed by atoms with Gasteiger partial charge in [-0.05, 0) is 50.3 Å². The van der Waals surface area contributed by atoms with E-state index in [-0.39, 0.29) is 11.5 Å². The second-order valence-electron chi connectivity index (χ2n) is 8.50. The second kappa shape index (κ2) is 10.7. The molecule has 4 rings (SSSR count). The molecule has 35 heavy (non-hydrogen) atoms. The van der Waals surface area contributed by atoms with Crippen LogP contribution in [0.25, 0.3) is 33.3 Å². The number of para-hydroxylation sites is 1. The van der Waals surface area contributed by atoms with Crippen LogP contribution in [0.1, 0.15) is 24.2 Å². The van der Waals surface area contributed by atoms with Gasteiger partial charge in [-0.15, -0.1) is 0 Å². The van der Waals surface area contributed by atoms with Crippen molar-refractivity contribution >= 4 is 16.9 Å². The molecular weight excluding hydrogens is 443 g/mol. The van der Waals surface area contributed by atoms with Gasteiger partial charge in [0.25, 0.3) is 5.91 Å². The Bertz CT molecular complexity index is 1330. The second-order valence-corrected chi connectivity index (χ2v) is 8.50. The SMILES string of the molecule is CCN(C)CCN(CC)C(=O)c1cc(-c2cnc3[nH]cc(-c4ccccc4OC)c3c2)ccc1F. The summed E-state index contributed by atoms with van der Waals surface area (Å²) in [5.41, 5.74) is 4.26. The zero-order valence-corrected chi connectivity index (χ0v) is 20.6. The average molecular weight is 475 g/mol. The van der Waals surface area contributed by atoms with Crippen molar-refractivity contribution in [2.75, 3.05) is 40.3 Å². The number of aromatic nitrogens is 2. The lowest BCUT2D eigenvalue weighted by Crippen LogP contribution is -2.37. The molecule has 0 unspecified atom stereocenters. The molecular formula is C28H31FN4O2. The third-order valence-corrected chi connectivity index (χ3v) is 6.42. The van der Waals surface area contributed by atoms with Crippen molar-refractivity contribution in [1.82, 2.24) is 19.8 Å². The van der Waals surface area contributed by atoms with Crippen LogP contribution in [0.5, 0.6) is 5.75 Å². The molecule has 0 atom stereocenters. The van der Waals surface area contributed by atoms with Crippen molar-refractivity contribution in [3.63, 3.8) is 0 Å². The van der Waals surface area contributed by atoms with E-state index in [4.69, 9.17) is 4.74 Å². The lowest BCUT2D eigenvalue weighted by atomic mass is 10.00. The Morgan fingerprint density at radius 3 is 2.57 bits per heavy atom. The highest BCUT2D eigenvalue weighted by atomic mass is 19.1. The number of rotatable bonds is 9. The number of hydrogen-bond donors (Lipinski definition) is 1. The maximum atomic E-state index is 14.8. The molecule has 0 bridgehead atoms. The summed E-state index contributed by atoms with van der Waals surface area (Å²) in [6, 6.07) is 14.5. The molecule has 0 aliphatic heterocycles. The molecule has 182 valence electrons. The van der Waals surface area contributed by atoms with Crippen LogP contribution in [0.4, 0.5) is 4.39 Å². The lowest BCUT2D eigenvalue weighted by Gasteiger charge is -2.24. The van der Waals surface area contributed by atoms with Crippen molar-refractivity contribution in [3.05, 3.63) is 72.3 Å². The summed E-state index contributed by atoms with van der Waals surface area (Å²) >= 11 is 0. The highest BCUT2D eigenvalue weighted by Crippen LogP contribution is 2.36. The smallest absolute Gasteiger partial charge is 0.256 e. The van der Waals surface area contributed by atoms with E-state index < -0.39 is 5.82 Å². The first-order valence-corrected chi connectivity index (χ1v) is 11.8. The fourth-order valence-electron chi connectivity index (χ4n) is 4.14. The highest BCUT2D eigenvalue weighted by Gasteiger charge is 2.20. The number of pyridine rings is 1. The third kappa shape index (κ3) is 5.05. The molecule has 1 amide bonds. The number of H-pyrrole nitrogens is 1. The Hall–Kier alpha value is -3.71. The minimum atomic E-state index is -0.522. The van der Waals surface area contributed by atoms with Crippen LogP contribution in [0.2, 0.25) is 0 Å². The molecule has 4 aromatic rings. The molecule has 7 heteroatoms. The topological polar surface area (TPSA) is 61.5 Å². The van der Waals surface area contributed by atoms with Crippen LogP contribution in [-0.2, 0) is 0 Å². The zero-order chi connectivity index (χ0) is 24.9. The third-order valence-electron chi connectivity index (χ3n) is 6.42. The standard InChI is InChI=1S/C28H31FN4O2/c1-5-32(3)13-14-33(6-2)28(34)23-15-19(11-12-25(23)29)20-16-22-24(18-31-27(22)30-17-20)21-9-7-8-10-26(21)35-4/h7-12,15-18H,5-6,13-14H2,1-4H3,(H,30,31). The summed E-state index contributed by atoms with van der Waals surface area (Å²) in [5, 5.41) is 0.919. The van der Waals surface area contributed by atoms with Gasteiger partial charge in [0, 0.05) is 54.1 Å². The van der Waals surface area contributed by atoms with Crippen molar-refractivity contribution in [2.45, 2.75) is 13.8 Å². The molecule has 2 aromatic carbocycles. The first-order valence-electron chi connectivity index (χ1n) is 11.8. The number of carbonyl (C=O) groups excluding carboxylic acids is 1. The van der Waals surface area contributed by atoms with E-state index in [1.165, 1.54) is 6.07 Å². The Balaban J connectivity index is 1.70. The number of likely N-dealkylation sites (N-methyl/N-ethyl adjacent to an activating group) is 2. The number of methoxy groups -OCH3 is 1. The number of aromatic amines is 1. The maximum Gasteiger partial charge on any atom is 0.256 e. The number of nitrogens with one attached hydrogen (secondary N) is 1. The number of ether oxygens (including phenoxy) is 1. The van der Waals surface area contributed by atoms with E-state index >= 15 is 0 Å². The van der Waals surface area contributed by atoms with Crippen LogP contribution < -0.4 is 4.74 Å². The number of hydrogen-bond acceptors (Lipinski definition) is 4. The fourth-order valence-corrected chi connectivity index (χ4v) is 4.14. The number of amides is 1. The lowest BCUT2D eigenvalue weighted by molar-refractivity contribution is 0.0746. The van der Waals surface area contributed by atoms with Gasteiger partial charge in [0.15, 0.2) is 0 Å². The monoisotopic (exact) mass is 474 g/mol. The largest absolute Gasteiger partial charge is 0.496 e. The number of nitrogens with zero attached hydrogens (tertiary/aromatic N) is 3. The quantitative estimate of drug-likeness (QED) is 0.350. The van der Waals surface area contributed by atoms with Gasteiger partial charge in [0.2, 0.25) is 0 Å². The Labute approximate surface area is 205 Å². The summed E-state index contributed by atoms with van der Waals surface area (Å²) in [6.07, 6.45) is 3.64. The first-order chi connectivity index (χ1) is 17.0. The Morgan fingerprint density at radius 2 is 1.83 bits per heavy atom. The van der Waals surface area contributed by atoms with Crippen molar-refractivity contribution < 1.29 is 13.9 Å². The van der Waals surface area contributed by atoms with Crippen LogP contribution in [0.3, 0.4) is 0 Å². The van der Waals surface area contributed by atoms with Gasteiger partial charge >= 0.3 is 0 Å². The van der Waals surface area contributed by atoms with Gasteiger partial charge in [0.05, 0.1) is 12.7 Å². The summed E-state index contributed by atoms with van der Waals surface area (Å²) in [6.45, 7) is 6.66. The van der Waals surface area contributed by atoms with Crippen molar-refractivity contribution in [3.8, 4) is 28.0 Å². The predicted octanol–water partition coefficient (Wildman–Crippen LogP) is 5.46. The number of benzene rings is 2. The van der Waals surface area contributed by atoms with Gasteiger partial charge in [-0.2, -0.15) is 0 Å². The van der Waals surface area contributed by atoms with Gasteiger partial charge in [-0.3, -0.25) is 4.79 Å². The normalized spacial score (nSPS) is 11.3. The molecule has 0 radical (unpaired) electrons. The Morgan fingerprint density at radius 1 is 1.03 bits per heavy atom. The molecule has 0 fully saturated rings. The van der Waals surface area contributed by atoms with Crippen LogP contribution in [-0.4, -0.2) is 66.0 Å². The molecule has 0 aliphatic carbocycles. The minimum absolute atomic E-state index is 0.0719. The molecule has 0 saturated carbocycles. The van der Waals surface area contributed by atoms with E-state index in [9.17, 15) is 9.18 Å². The molecule has 0 spiro atoms. The minimum Gasteiger partial charge on any atom is -0.496 e. The average Bonchev–Trinajstić information content (AvgIpc) is 3.32. The van der Waals surface area contributed by atoms with E-state index in [1.54, 1.807) is 30.3 Å². The number of carbonyl (C=O) groups is 1. The van der Waals surface area contributed by atoms with Gasteiger partial charge in [0.1, 0.15) is 17.2 Å². The summed E-state index contributed by atoms with van der Waals surface area (Å²) in [5.74, 6) is -0.0602. The van der Waals surface area contributed by atoms with E-state index in [1.807, 2.05) is 50.5 Å². The molecule has 0 saturated heterocycles. The van der Waals surface area contributed by atoms with Crippen LogP contribution >= 0.6 is 0 Å². The fraction of sp³-hybridized carbons (Fsp3) is 0.286. The van der Waals surface area contributed by atoms with Crippen LogP contribution in [0, 0.1) is 5.82 Å². The number of fused-ring (bicyclic) bond motifs is 1. The van der Waals surface area contributed by atoms with E-state index in [2.05, 4.69) is 21.8 Å². The van der Waals surface area contributed by atoms with Gasteiger partial charge < -0.3 is 19.5 Å². The maximum absolute atomic E-state index is 14.8. The molecule has 2 aromatic heterocycles. The van der Waals surface area contributed by atoms with E-state index in [0.29, 0.717) is 13.1 Å². The predicted molar refractivity (Wildman–Crippen MR) is 138 cm³/mol.